The highest BCUT2D eigenvalue weighted by Crippen LogP contribution is 2.23. The summed E-state index contributed by atoms with van der Waals surface area (Å²) in [4.78, 5) is 12.4. The van der Waals surface area contributed by atoms with Crippen molar-refractivity contribution in [2.24, 2.45) is 0 Å². The fraction of sp³-hybridized carbons (Fsp3) is 0.350. The number of carbonyl (C=O) groups excluding carboxylic acids is 1. The van der Waals surface area contributed by atoms with Crippen molar-refractivity contribution >= 4 is 27.3 Å². The van der Waals surface area contributed by atoms with Gasteiger partial charge in [0.05, 0.1) is 11.9 Å². The highest BCUT2D eigenvalue weighted by molar-refractivity contribution is 7.92. The van der Waals surface area contributed by atoms with E-state index in [-0.39, 0.29) is 12.5 Å². The van der Waals surface area contributed by atoms with Gasteiger partial charge in [-0.25, -0.2) is 8.42 Å². The summed E-state index contributed by atoms with van der Waals surface area (Å²) in [6.07, 6.45) is 1.80. The van der Waals surface area contributed by atoms with Gasteiger partial charge in [0.2, 0.25) is 15.9 Å². The van der Waals surface area contributed by atoms with E-state index < -0.39 is 10.0 Å². The van der Waals surface area contributed by atoms with Crippen LogP contribution < -0.4 is 9.62 Å². The summed E-state index contributed by atoms with van der Waals surface area (Å²) in [5.41, 5.74) is 3.25. The first-order valence-electron chi connectivity index (χ1n) is 8.67. The SMILES string of the molecule is CCc1ccccc1N(CC(=O)Nc1ccc(C(C)C)cc1)S(C)(=O)=O. The third kappa shape index (κ3) is 5.08. The number of sulfonamides is 1. The minimum atomic E-state index is -3.58. The number of carbonyl (C=O) groups is 1. The van der Waals surface area contributed by atoms with Crippen LogP contribution in [0.5, 0.6) is 0 Å². The molecule has 140 valence electrons. The number of benzene rings is 2. The lowest BCUT2D eigenvalue weighted by Crippen LogP contribution is -2.38. The molecule has 5 nitrogen and oxygen atoms in total. The van der Waals surface area contributed by atoms with Crippen LogP contribution in [0.15, 0.2) is 48.5 Å². The molecule has 26 heavy (non-hydrogen) atoms. The van der Waals surface area contributed by atoms with Gasteiger partial charge in [0.15, 0.2) is 0 Å². The molecule has 2 aromatic carbocycles. The second-order valence-electron chi connectivity index (χ2n) is 6.58. The Kier molecular flexibility index (Phi) is 6.42. The number of amides is 1. The number of anilines is 2. The molecule has 0 bridgehead atoms. The summed E-state index contributed by atoms with van der Waals surface area (Å²) in [5.74, 6) is 0.0321. The van der Waals surface area contributed by atoms with Gasteiger partial charge < -0.3 is 5.32 Å². The van der Waals surface area contributed by atoms with E-state index in [0.717, 1.165) is 16.1 Å². The number of nitrogens with zero attached hydrogens (tertiary/aromatic N) is 1. The average molecular weight is 375 g/mol. The molecule has 6 heteroatoms. The van der Waals surface area contributed by atoms with Crippen LogP contribution in [-0.2, 0) is 21.2 Å². The van der Waals surface area contributed by atoms with Crippen molar-refractivity contribution in [2.45, 2.75) is 33.1 Å². The van der Waals surface area contributed by atoms with Crippen molar-refractivity contribution in [1.29, 1.82) is 0 Å². The van der Waals surface area contributed by atoms with Gasteiger partial charge in [-0.1, -0.05) is 51.1 Å². The Hall–Kier alpha value is -2.34. The normalized spacial score (nSPS) is 11.4. The molecule has 0 fully saturated rings. The molecule has 0 saturated heterocycles. The van der Waals surface area contributed by atoms with Crippen LogP contribution in [0, 0.1) is 0 Å². The Morgan fingerprint density at radius 2 is 1.69 bits per heavy atom. The zero-order valence-electron chi connectivity index (χ0n) is 15.7. The van der Waals surface area contributed by atoms with Crippen LogP contribution in [0.3, 0.4) is 0 Å². The van der Waals surface area contributed by atoms with Crippen molar-refractivity contribution in [3.8, 4) is 0 Å². The Labute approximate surface area is 156 Å². The number of hydrogen-bond donors (Lipinski definition) is 1. The average Bonchev–Trinajstić information content (AvgIpc) is 2.59. The van der Waals surface area contributed by atoms with Gasteiger partial charge in [-0.15, -0.1) is 0 Å². The first-order valence-corrected chi connectivity index (χ1v) is 10.5. The second kappa shape index (κ2) is 8.36. The predicted octanol–water partition coefficient (Wildman–Crippen LogP) is 3.78. The van der Waals surface area contributed by atoms with Crippen LogP contribution in [0.25, 0.3) is 0 Å². The summed E-state index contributed by atoms with van der Waals surface area (Å²) >= 11 is 0. The Morgan fingerprint density at radius 1 is 1.08 bits per heavy atom. The molecule has 0 radical (unpaired) electrons. The van der Waals surface area contributed by atoms with Crippen LogP contribution in [-0.4, -0.2) is 27.1 Å². The van der Waals surface area contributed by atoms with E-state index in [0.29, 0.717) is 23.7 Å². The molecule has 0 aliphatic carbocycles. The van der Waals surface area contributed by atoms with E-state index >= 15 is 0 Å². The third-order valence-electron chi connectivity index (χ3n) is 4.19. The molecule has 0 saturated carbocycles. The fourth-order valence-electron chi connectivity index (χ4n) is 2.72. The van der Waals surface area contributed by atoms with E-state index in [1.807, 2.05) is 43.3 Å². The highest BCUT2D eigenvalue weighted by Gasteiger charge is 2.22. The number of hydrogen-bond acceptors (Lipinski definition) is 3. The maximum Gasteiger partial charge on any atom is 0.245 e. The third-order valence-corrected chi connectivity index (χ3v) is 5.32. The zero-order valence-corrected chi connectivity index (χ0v) is 16.5. The quantitative estimate of drug-likeness (QED) is 0.802. The molecular formula is C20H26N2O3S. The largest absolute Gasteiger partial charge is 0.325 e. The molecule has 0 spiro atoms. The maximum atomic E-state index is 12.4. The lowest BCUT2D eigenvalue weighted by Gasteiger charge is -2.24. The number of para-hydroxylation sites is 1. The van der Waals surface area contributed by atoms with E-state index in [1.54, 1.807) is 12.1 Å². The van der Waals surface area contributed by atoms with E-state index in [2.05, 4.69) is 19.2 Å². The topological polar surface area (TPSA) is 66.5 Å². The Balaban J connectivity index is 2.19. The number of aryl methyl sites for hydroxylation is 1. The van der Waals surface area contributed by atoms with Gasteiger partial charge in [0.25, 0.3) is 0 Å². The number of rotatable bonds is 7. The van der Waals surface area contributed by atoms with Gasteiger partial charge in [-0.05, 0) is 41.7 Å². The van der Waals surface area contributed by atoms with Gasteiger partial charge in [0, 0.05) is 5.69 Å². The summed E-state index contributed by atoms with van der Waals surface area (Å²) < 4.78 is 25.7. The molecule has 0 unspecified atom stereocenters. The molecule has 0 heterocycles. The lowest BCUT2D eigenvalue weighted by atomic mass is 10.0. The van der Waals surface area contributed by atoms with Crippen LogP contribution in [0.1, 0.15) is 37.8 Å². The molecule has 1 amide bonds. The maximum absolute atomic E-state index is 12.4. The van der Waals surface area contributed by atoms with Gasteiger partial charge in [-0.2, -0.15) is 0 Å². The first-order chi connectivity index (χ1) is 12.2. The summed E-state index contributed by atoms with van der Waals surface area (Å²) in [6, 6.07) is 14.8. The summed E-state index contributed by atoms with van der Waals surface area (Å²) in [7, 11) is -3.58. The molecule has 2 aromatic rings. The van der Waals surface area contributed by atoms with Crippen molar-refractivity contribution in [3.63, 3.8) is 0 Å². The van der Waals surface area contributed by atoms with Crippen LogP contribution in [0.4, 0.5) is 11.4 Å². The van der Waals surface area contributed by atoms with E-state index in [9.17, 15) is 13.2 Å². The Bertz CT molecular complexity index is 859. The van der Waals surface area contributed by atoms with Crippen molar-refractivity contribution in [1.82, 2.24) is 0 Å². The monoisotopic (exact) mass is 374 g/mol. The Morgan fingerprint density at radius 3 is 2.23 bits per heavy atom. The van der Waals surface area contributed by atoms with Crippen molar-refractivity contribution in [2.75, 3.05) is 22.4 Å². The zero-order chi connectivity index (χ0) is 19.3. The van der Waals surface area contributed by atoms with Gasteiger partial charge >= 0.3 is 0 Å². The van der Waals surface area contributed by atoms with Gasteiger partial charge in [-0.3, -0.25) is 9.10 Å². The smallest absolute Gasteiger partial charge is 0.245 e. The summed E-state index contributed by atoms with van der Waals surface area (Å²) in [6.45, 7) is 5.89. The fourth-order valence-corrected chi connectivity index (χ4v) is 3.60. The van der Waals surface area contributed by atoms with E-state index in [1.165, 1.54) is 5.56 Å². The molecule has 0 atom stereocenters. The van der Waals surface area contributed by atoms with Crippen LogP contribution >= 0.6 is 0 Å². The minimum absolute atomic E-state index is 0.262. The summed E-state index contributed by atoms with van der Waals surface area (Å²) in [5, 5.41) is 2.77. The molecule has 0 aliphatic rings. The molecule has 0 aliphatic heterocycles. The van der Waals surface area contributed by atoms with Crippen molar-refractivity contribution < 1.29 is 13.2 Å². The molecule has 0 aromatic heterocycles. The highest BCUT2D eigenvalue weighted by atomic mass is 32.2. The predicted molar refractivity (Wildman–Crippen MR) is 107 cm³/mol. The molecular weight excluding hydrogens is 348 g/mol. The minimum Gasteiger partial charge on any atom is -0.325 e. The second-order valence-corrected chi connectivity index (χ2v) is 8.48. The van der Waals surface area contributed by atoms with E-state index in [4.69, 9.17) is 0 Å². The number of nitrogens with one attached hydrogen (secondary N) is 1. The molecule has 1 N–H and O–H groups in total. The lowest BCUT2D eigenvalue weighted by molar-refractivity contribution is -0.114. The van der Waals surface area contributed by atoms with Crippen molar-refractivity contribution in [3.05, 3.63) is 59.7 Å². The standard InChI is InChI=1S/C20H26N2O3S/c1-5-16-8-6-7-9-19(16)22(26(4,24)25)14-20(23)21-18-12-10-17(11-13-18)15(2)3/h6-13,15H,5,14H2,1-4H3,(H,21,23). The van der Waals surface area contributed by atoms with Crippen LogP contribution in [0.2, 0.25) is 0 Å². The first kappa shape index (κ1) is 20.0. The van der Waals surface area contributed by atoms with Gasteiger partial charge in [0.1, 0.15) is 6.54 Å². The molecule has 2 rings (SSSR count).